The first-order valence-corrected chi connectivity index (χ1v) is 11.3. The first-order chi connectivity index (χ1) is 16.6. The Labute approximate surface area is 199 Å². The standard InChI is InChI=1S/C24H24F3N3O5/c25-24(26,27)19-5-6-20(21(13-19)30(33)34)28-10-8-17(9-11-28)23(32)35-15-22(31)29-12-7-16-3-1-2-4-18(16)14-29/h1-6,13,17H,7-12,14-15H2. The van der Waals surface area contributed by atoms with Gasteiger partial charge in [0, 0.05) is 32.2 Å². The van der Waals surface area contributed by atoms with Crippen LogP contribution in [0.15, 0.2) is 42.5 Å². The number of amides is 1. The van der Waals surface area contributed by atoms with E-state index in [1.165, 1.54) is 5.56 Å². The lowest BCUT2D eigenvalue weighted by Gasteiger charge is -2.32. The minimum Gasteiger partial charge on any atom is -0.455 e. The number of hydrogen-bond acceptors (Lipinski definition) is 6. The number of fused-ring (bicyclic) bond motifs is 1. The molecule has 186 valence electrons. The van der Waals surface area contributed by atoms with Crippen LogP contribution < -0.4 is 4.90 Å². The second-order valence-electron chi connectivity index (χ2n) is 8.66. The molecule has 8 nitrogen and oxygen atoms in total. The minimum absolute atomic E-state index is 0.0791. The Morgan fingerprint density at radius 3 is 2.40 bits per heavy atom. The molecule has 0 bridgehead atoms. The highest BCUT2D eigenvalue weighted by atomic mass is 19.4. The lowest BCUT2D eigenvalue weighted by Crippen LogP contribution is -2.40. The van der Waals surface area contributed by atoms with Crippen LogP contribution in [0.3, 0.4) is 0 Å². The Morgan fingerprint density at radius 2 is 1.74 bits per heavy atom. The molecule has 1 amide bonds. The second kappa shape index (κ2) is 9.93. The van der Waals surface area contributed by atoms with E-state index in [2.05, 4.69) is 0 Å². The van der Waals surface area contributed by atoms with Crippen molar-refractivity contribution >= 4 is 23.3 Å². The second-order valence-corrected chi connectivity index (χ2v) is 8.66. The highest BCUT2D eigenvalue weighted by Gasteiger charge is 2.35. The number of piperidine rings is 1. The predicted octanol–water partition coefficient (Wildman–Crippen LogP) is 3.96. The number of anilines is 1. The van der Waals surface area contributed by atoms with Crippen LogP contribution in [0, 0.1) is 16.0 Å². The molecule has 0 unspecified atom stereocenters. The van der Waals surface area contributed by atoms with Crippen molar-refractivity contribution in [2.24, 2.45) is 5.92 Å². The number of alkyl halides is 3. The molecule has 2 heterocycles. The number of rotatable bonds is 5. The lowest BCUT2D eigenvalue weighted by molar-refractivity contribution is -0.384. The molecular formula is C24H24F3N3O5. The molecule has 1 fully saturated rings. The van der Waals surface area contributed by atoms with Gasteiger partial charge >= 0.3 is 12.1 Å². The van der Waals surface area contributed by atoms with E-state index in [1.807, 2.05) is 24.3 Å². The fourth-order valence-corrected chi connectivity index (χ4v) is 4.52. The molecule has 2 aliphatic heterocycles. The Bertz CT molecular complexity index is 1130. The van der Waals surface area contributed by atoms with E-state index in [-0.39, 0.29) is 31.3 Å². The number of esters is 1. The normalized spacial score (nSPS) is 16.5. The van der Waals surface area contributed by atoms with Crippen LogP contribution in [0.25, 0.3) is 0 Å². The third-order valence-corrected chi connectivity index (χ3v) is 6.49. The van der Waals surface area contributed by atoms with Crippen LogP contribution >= 0.6 is 0 Å². The van der Waals surface area contributed by atoms with E-state index >= 15 is 0 Å². The van der Waals surface area contributed by atoms with Crippen molar-refractivity contribution in [1.82, 2.24) is 4.90 Å². The van der Waals surface area contributed by atoms with Gasteiger partial charge in [-0.2, -0.15) is 13.2 Å². The number of hydrogen-bond donors (Lipinski definition) is 0. The molecule has 2 aliphatic rings. The summed E-state index contributed by atoms with van der Waals surface area (Å²) in [5.74, 6) is -1.28. The Morgan fingerprint density at radius 1 is 1.06 bits per heavy atom. The summed E-state index contributed by atoms with van der Waals surface area (Å²) in [6.07, 6.45) is -3.33. The third-order valence-electron chi connectivity index (χ3n) is 6.49. The molecule has 35 heavy (non-hydrogen) atoms. The Kier molecular flexibility index (Phi) is 6.95. The van der Waals surface area contributed by atoms with E-state index in [9.17, 15) is 32.9 Å². The van der Waals surface area contributed by atoms with Crippen LogP contribution in [0.4, 0.5) is 24.5 Å². The van der Waals surface area contributed by atoms with E-state index in [4.69, 9.17) is 4.74 Å². The summed E-state index contributed by atoms with van der Waals surface area (Å²) < 4.78 is 44.1. The van der Waals surface area contributed by atoms with Gasteiger partial charge < -0.3 is 14.5 Å². The number of nitrogens with zero attached hydrogens (tertiary/aromatic N) is 3. The highest BCUT2D eigenvalue weighted by Crippen LogP contribution is 2.37. The SMILES string of the molecule is O=C(OCC(=O)N1CCc2ccccc2C1)C1CCN(c2ccc(C(F)(F)F)cc2[N+](=O)[O-])CC1. The maximum absolute atomic E-state index is 12.9. The molecule has 0 N–H and O–H groups in total. The molecule has 0 aromatic heterocycles. The smallest absolute Gasteiger partial charge is 0.416 e. The minimum atomic E-state index is -4.69. The van der Waals surface area contributed by atoms with Gasteiger partial charge in [-0.3, -0.25) is 19.7 Å². The average Bonchev–Trinajstić information content (AvgIpc) is 2.86. The van der Waals surface area contributed by atoms with Crippen LogP contribution in [-0.2, 0) is 33.5 Å². The van der Waals surface area contributed by atoms with Gasteiger partial charge in [0.1, 0.15) is 5.69 Å². The first kappa shape index (κ1) is 24.5. The van der Waals surface area contributed by atoms with Gasteiger partial charge in [-0.15, -0.1) is 0 Å². The molecule has 4 rings (SSSR count). The number of nitro groups is 1. The summed E-state index contributed by atoms with van der Waals surface area (Å²) in [5.41, 5.74) is 0.634. The van der Waals surface area contributed by atoms with Gasteiger partial charge in [-0.1, -0.05) is 24.3 Å². The zero-order valence-corrected chi connectivity index (χ0v) is 18.8. The van der Waals surface area contributed by atoms with E-state index in [1.54, 1.807) is 9.80 Å². The van der Waals surface area contributed by atoms with Crippen molar-refractivity contribution in [3.8, 4) is 0 Å². The predicted molar refractivity (Wildman–Crippen MR) is 120 cm³/mol. The van der Waals surface area contributed by atoms with Crippen molar-refractivity contribution in [2.75, 3.05) is 31.1 Å². The topological polar surface area (TPSA) is 93.0 Å². The van der Waals surface area contributed by atoms with Gasteiger partial charge in [0.15, 0.2) is 6.61 Å². The summed E-state index contributed by atoms with van der Waals surface area (Å²) in [5, 5.41) is 11.4. The highest BCUT2D eigenvalue weighted by molar-refractivity contribution is 5.81. The zero-order valence-electron chi connectivity index (χ0n) is 18.8. The molecule has 0 atom stereocenters. The maximum atomic E-state index is 12.9. The van der Waals surface area contributed by atoms with Crippen molar-refractivity contribution in [2.45, 2.75) is 32.0 Å². The van der Waals surface area contributed by atoms with Gasteiger partial charge in [0.2, 0.25) is 0 Å². The number of carbonyl (C=O) groups excluding carboxylic acids is 2. The molecule has 11 heteroatoms. The van der Waals surface area contributed by atoms with Crippen molar-refractivity contribution < 1.29 is 32.4 Å². The number of ether oxygens (including phenoxy) is 1. The van der Waals surface area contributed by atoms with Crippen LogP contribution in [0.5, 0.6) is 0 Å². The van der Waals surface area contributed by atoms with Gasteiger partial charge in [0.05, 0.1) is 16.4 Å². The molecule has 0 aliphatic carbocycles. The largest absolute Gasteiger partial charge is 0.455 e. The third kappa shape index (κ3) is 5.55. The van der Waals surface area contributed by atoms with Crippen LogP contribution in [0.1, 0.15) is 29.5 Å². The average molecular weight is 491 g/mol. The van der Waals surface area contributed by atoms with E-state index < -0.39 is 34.2 Å². The fourth-order valence-electron chi connectivity index (χ4n) is 4.52. The molecule has 2 aromatic rings. The molecule has 0 radical (unpaired) electrons. The number of halogens is 3. The summed E-state index contributed by atoms with van der Waals surface area (Å²) in [6.45, 7) is 1.14. The summed E-state index contributed by atoms with van der Waals surface area (Å²) in [4.78, 5) is 38.8. The number of nitro benzene ring substituents is 1. The summed E-state index contributed by atoms with van der Waals surface area (Å²) in [6, 6.07) is 10.3. The Hall–Kier alpha value is -3.63. The maximum Gasteiger partial charge on any atom is 0.416 e. The summed E-state index contributed by atoms with van der Waals surface area (Å²) in [7, 11) is 0. The quantitative estimate of drug-likeness (QED) is 0.357. The van der Waals surface area contributed by atoms with Gasteiger partial charge in [-0.25, -0.2) is 0 Å². The lowest BCUT2D eigenvalue weighted by atomic mass is 9.96. The zero-order chi connectivity index (χ0) is 25.2. The van der Waals surface area contributed by atoms with Crippen LogP contribution in [0.2, 0.25) is 0 Å². The Balaban J connectivity index is 1.30. The summed E-state index contributed by atoms with van der Waals surface area (Å²) >= 11 is 0. The van der Waals surface area contributed by atoms with E-state index in [0.717, 1.165) is 24.1 Å². The molecule has 2 aromatic carbocycles. The number of benzene rings is 2. The fraction of sp³-hybridized carbons (Fsp3) is 0.417. The van der Waals surface area contributed by atoms with Gasteiger partial charge in [0.25, 0.3) is 11.6 Å². The van der Waals surface area contributed by atoms with Gasteiger partial charge in [-0.05, 0) is 42.5 Å². The van der Waals surface area contributed by atoms with Crippen LogP contribution in [-0.4, -0.2) is 47.9 Å². The monoisotopic (exact) mass is 491 g/mol. The van der Waals surface area contributed by atoms with Crippen molar-refractivity contribution in [3.05, 3.63) is 69.3 Å². The molecular weight excluding hydrogens is 467 g/mol. The van der Waals surface area contributed by atoms with Crippen molar-refractivity contribution in [1.29, 1.82) is 0 Å². The first-order valence-electron chi connectivity index (χ1n) is 11.3. The number of carbonyl (C=O) groups is 2. The molecule has 1 saturated heterocycles. The van der Waals surface area contributed by atoms with Crippen molar-refractivity contribution in [3.63, 3.8) is 0 Å². The van der Waals surface area contributed by atoms with E-state index in [0.29, 0.717) is 32.0 Å². The molecule has 0 saturated carbocycles. The molecule has 0 spiro atoms.